The Bertz CT molecular complexity index is 411. The van der Waals surface area contributed by atoms with Crippen LogP contribution < -0.4 is 10.3 Å². The minimum absolute atomic E-state index is 0.108. The van der Waals surface area contributed by atoms with Gasteiger partial charge in [-0.05, 0) is 6.92 Å². The lowest BCUT2D eigenvalue weighted by Gasteiger charge is -2.10. The summed E-state index contributed by atoms with van der Waals surface area (Å²) in [6, 6.07) is 0. The van der Waals surface area contributed by atoms with Crippen LogP contribution in [0.25, 0.3) is 0 Å². The van der Waals surface area contributed by atoms with E-state index in [0.29, 0.717) is 0 Å². The molecular formula is C8H9F3N2O2. The van der Waals surface area contributed by atoms with Crippen molar-refractivity contribution in [2.24, 2.45) is 7.05 Å². The largest absolute Gasteiger partial charge is 0.482 e. The van der Waals surface area contributed by atoms with Gasteiger partial charge in [0.2, 0.25) is 0 Å². The van der Waals surface area contributed by atoms with Gasteiger partial charge in [0.1, 0.15) is 5.75 Å². The second kappa shape index (κ2) is 3.92. The van der Waals surface area contributed by atoms with Gasteiger partial charge in [0, 0.05) is 7.05 Å². The molecule has 0 aliphatic rings. The van der Waals surface area contributed by atoms with Crippen molar-refractivity contribution in [1.82, 2.24) is 9.78 Å². The lowest BCUT2D eigenvalue weighted by molar-refractivity contribution is -0.153. The van der Waals surface area contributed by atoms with Crippen LogP contribution in [0.3, 0.4) is 0 Å². The van der Waals surface area contributed by atoms with Gasteiger partial charge in [-0.25, -0.2) is 4.68 Å². The van der Waals surface area contributed by atoms with E-state index in [1.807, 2.05) is 0 Å². The average Bonchev–Trinajstić information content (AvgIpc) is 2.12. The summed E-state index contributed by atoms with van der Waals surface area (Å²) in [5.41, 5.74) is -0.369. The molecule has 1 rings (SSSR count). The van der Waals surface area contributed by atoms with Crippen molar-refractivity contribution in [2.75, 3.05) is 6.61 Å². The molecule has 1 aromatic rings. The Balaban J connectivity index is 2.89. The fourth-order valence-electron chi connectivity index (χ4n) is 0.942. The molecule has 4 nitrogen and oxygen atoms in total. The predicted octanol–water partition coefficient (Wildman–Crippen LogP) is 1.03. The van der Waals surface area contributed by atoms with E-state index in [2.05, 4.69) is 9.84 Å². The van der Waals surface area contributed by atoms with Crippen molar-refractivity contribution in [3.05, 3.63) is 22.1 Å². The van der Waals surface area contributed by atoms with E-state index in [1.54, 1.807) is 0 Å². The van der Waals surface area contributed by atoms with E-state index >= 15 is 0 Å². The van der Waals surface area contributed by atoms with Gasteiger partial charge in [0.25, 0.3) is 5.56 Å². The van der Waals surface area contributed by atoms with Crippen molar-refractivity contribution in [3.8, 4) is 5.75 Å². The van der Waals surface area contributed by atoms with Gasteiger partial charge in [-0.3, -0.25) is 4.79 Å². The minimum atomic E-state index is -4.42. The number of ether oxygens (including phenoxy) is 1. The maximum absolute atomic E-state index is 11.8. The fourth-order valence-corrected chi connectivity index (χ4v) is 0.942. The molecule has 15 heavy (non-hydrogen) atoms. The van der Waals surface area contributed by atoms with Crippen LogP contribution in [0.5, 0.6) is 5.75 Å². The summed E-state index contributed by atoms with van der Waals surface area (Å²) in [5.74, 6) is -0.143. The van der Waals surface area contributed by atoms with E-state index in [-0.39, 0.29) is 11.3 Å². The van der Waals surface area contributed by atoms with Crippen LogP contribution in [0, 0.1) is 6.92 Å². The highest BCUT2D eigenvalue weighted by Crippen LogP contribution is 2.18. The number of rotatable bonds is 2. The third-order valence-corrected chi connectivity index (χ3v) is 1.72. The Morgan fingerprint density at radius 1 is 1.53 bits per heavy atom. The summed E-state index contributed by atoms with van der Waals surface area (Å²) in [6.07, 6.45) is -3.34. The zero-order chi connectivity index (χ0) is 11.6. The third-order valence-electron chi connectivity index (χ3n) is 1.72. The first-order valence-corrected chi connectivity index (χ1v) is 4.04. The molecule has 0 aliphatic heterocycles. The van der Waals surface area contributed by atoms with Crippen LogP contribution in [0.2, 0.25) is 0 Å². The zero-order valence-electron chi connectivity index (χ0n) is 8.13. The van der Waals surface area contributed by atoms with Gasteiger partial charge < -0.3 is 4.74 Å². The molecule has 0 fully saturated rings. The van der Waals surface area contributed by atoms with E-state index in [1.165, 1.54) is 14.0 Å². The van der Waals surface area contributed by atoms with Crippen molar-refractivity contribution in [2.45, 2.75) is 13.1 Å². The molecule has 7 heteroatoms. The highest BCUT2D eigenvalue weighted by atomic mass is 19.4. The van der Waals surface area contributed by atoms with Crippen molar-refractivity contribution in [3.63, 3.8) is 0 Å². The van der Waals surface area contributed by atoms with E-state index < -0.39 is 18.3 Å². The monoisotopic (exact) mass is 222 g/mol. The summed E-state index contributed by atoms with van der Waals surface area (Å²) < 4.78 is 40.9. The first kappa shape index (κ1) is 11.5. The van der Waals surface area contributed by atoms with Crippen molar-refractivity contribution >= 4 is 0 Å². The molecule has 1 aromatic heterocycles. The number of alkyl halides is 3. The van der Waals surface area contributed by atoms with Gasteiger partial charge in [-0.2, -0.15) is 18.3 Å². The summed E-state index contributed by atoms with van der Waals surface area (Å²) in [5, 5.41) is 3.55. The molecule has 0 atom stereocenters. The molecule has 0 aliphatic carbocycles. The number of aromatic nitrogens is 2. The Labute approximate surface area is 83.3 Å². The molecule has 0 saturated carbocycles. The van der Waals surface area contributed by atoms with Gasteiger partial charge in [0.05, 0.1) is 11.8 Å². The number of aryl methyl sites for hydroxylation is 1. The van der Waals surface area contributed by atoms with E-state index in [4.69, 9.17) is 0 Å². The van der Waals surface area contributed by atoms with Gasteiger partial charge in [-0.15, -0.1) is 0 Å². The normalized spacial score (nSPS) is 11.5. The van der Waals surface area contributed by atoms with Crippen molar-refractivity contribution < 1.29 is 17.9 Å². The van der Waals surface area contributed by atoms with Gasteiger partial charge in [-0.1, -0.05) is 0 Å². The molecule has 0 spiro atoms. The molecular weight excluding hydrogens is 213 g/mol. The fraction of sp³-hybridized carbons (Fsp3) is 0.500. The summed E-state index contributed by atoms with van der Waals surface area (Å²) in [6.45, 7) is -0.0432. The summed E-state index contributed by atoms with van der Waals surface area (Å²) >= 11 is 0. The Morgan fingerprint density at radius 2 is 2.13 bits per heavy atom. The second-order valence-corrected chi connectivity index (χ2v) is 2.97. The van der Waals surface area contributed by atoms with Gasteiger partial charge in [0.15, 0.2) is 6.61 Å². The Kier molecular flexibility index (Phi) is 3.01. The number of hydrogen-bond acceptors (Lipinski definition) is 3. The highest BCUT2D eigenvalue weighted by molar-refractivity contribution is 5.26. The molecule has 0 amide bonds. The van der Waals surface area contributed by atoms with Crippen molar-refractivity contribution in [1.29, 1.82) is 0 Å². The van der Waals surface area contributed by atoms with Crippen LogP contribution in [-0.4, -0.2) is 22.6 Å². The summed E-state index contributed by atoms with van der Waals surface area (Å²) in [4.78, 5) is 11.3. The van der Waals surface area contributed by atoms with Crippen LogP contribution in [-0.2, 0) is 7.05 Å². The maximum atomic E-state index is 11.8. The SMILES string of the molecule is Cc1c(OCC(F)(F)F)cnn(C)c1=O. The van der Waals surface area contributed by atoms with E-state index in [9.17, 15) is 18.0 Å². The molecule has 0 saturated heterocycles. The van der Waals surface area contributed by atoms with Crippen LogP contribution >= 0.6 is 0 Å². The first-order valence-electron chi connectivity index (χ1n) is 4.04. The predicted molar refractivity (Wildman–Crippen MR) is 45.8 cm³/mol. The number of halogens is 3. The lowest BCUT2D eigenvalue weighted by Crippen LogP contribution is -2.25. The smallest absolute Gasteiger partial charge is 0.422 e. The molecule has 0 radical (unpaired) electrons. The first-order chi connectivity index (χ1) is 6.81. The molecule has 0 N–H and O–H groups in total. The highest BCUT2D eigenvalue weighted by Gasteiger charge is 2.28. The van der Waals surface area contributed by atoms with Crippen LogP contribution in [0.1, 0.15) is 5.56 Å². The standard InChI is InChI=1S/C8H9F3N2O2/c1-5-6(15-4-8(9,10)11)3-12-13(2)7(5)14/h3H,4H2,1-2H3. The molecule has 84 valence electrons. The van der Waals surface area contributed by atoms with Crippen LogP contribution in [0.4, 0.5) is 13.2 Å². The number of hydrogen-bond donors (Lipinski definition) is 0. The van der Waals surface area contributed by atoms with E-state index in [0.717, 1.165) is 10.9 Å². The lowest BCUT2D eigenvalue weighted by atomic mass is 10.3. The molecule has 0 aromatic carbocycles. The molecule has 0 unspecified atom stereocenters. The van der Waals surface area contributed by atoms with Crippen LogP contribution in [0.15, 0.2) is 11.0 Å². The Hall–Kier alpha value is -1.53. The quantitative estimate of drug-likeness (QED) is 0.750. The maximum Gasteiger partial charge on any atom is 0.422 e. The van der Waals surface area contributed by atoms with Gasteiger partial charge >= 0.3 is 6.18 Å². The number of nitrogens with zero attached hydrogens (tertiary/aromatic N) is 2. The minimum Gasteiger partial charge on any atom is -0.482 e. The molecule has 1 heterocycles. The zero-order valence-corrected chi connectivity index (χ0v) is 8.13. The molecule has 0 bridgehead atoms. The third kappa shape index (κ3) is 2.97. The Morgan fingerprint density at radius 3 is 2.67 bits per heavy atom. The average molecular weight is 222 g/mol. The summed E-state index contributed by atoms with van der Waals surface area (Å²) in [7, 11) is 1.41. The second-order valence-electron chi connectivity index (χ2n) is 2.97. The topological polar surface area (TPSA) is 44.1 Å².